The summed E-state index contributed by atoms with van der Waals surface area (Å²) in [5.74, 6) is -2.62. The summed E-state index contributed by atoms with van der Waals surface area (Å²) in [5, 5.41) is 8.84. The Balaban J connectivity index is 3.29. The molecule has 0 radical (unpaired) electrons. The molecule has 0 amide bonds. The quantitative estimate of drug-likeness (QED) is 0.773. The number of ether oxygens (including phenoxy) is 1. The topological polar surface area (TPSA) is 114 Å². The molecule has 0 unspecified atom stereocenters. The molecular weight excluding hydrogens is 302 g/mol. The van der Waals surface area contributed by atoms with Gasteiger partial charge in [0.2, 0.25) is 15.8 Å². The average Bonchev–Trinajstić information content (AvgIpc) is 2.78. The van der Waals surface area contributed by atoms with Gasteiger partial charge in [-0.2, -0.15) is 4.31 Å². The Hall–Kier alpha value is -1.87. The van der Waals surface area contributed by atoms with Crippen LogP contribution in [0.2, 0.25) is 0 Å². The Morgan fingerprint density at radius 1 is 1.43 bits per heavy atom. The summed E-state index contributed by atoms with van der Waals surface area (Å²) in [5.41, 5.74) is 0. The third kappa shape index (κ3) is 3.61. The molecule has 0 saturated heterocycles. The maximum absolute atomic E-state index is 12.5. The van der Waals surface area contributed by atoms with Crippen molar-refractivity contribution in [1.29, 1.82) is 0 Å². The number of methoxy groups -OCH3 is 1. The molecule has 1 N–H and O–H groups in total. The Labute approximate surface area is 122 Å². The van der Waals surface area contributed by atoms with E-state index in [2.05, 4.69) is 4.74 Å². The van der Waals surface area contributed by atoms with Crippen LogP contribution in [0.15, 0.2) is 15.4 Å². The number of hydrogen-bond acceptors (Lipinski definition) is 6. The first-order valence-corrected chi connectivity index (χ1v) is 7.47. The van der Waals surface area contributed by atoms with E-state index in [0.717, 1.165) is 17.5 Å². The second-order valence-corrected chi connectivity index (χ2v) is 6.42. The van der Waals surface area contributed by atoms with E-state index in [1.807, 2.05) is 0 Å². The van der Waals surface area contributed by atoms with Crippen molar-refractivity contribution in [3.8, 4) is 0 Å². The molecule has 1 rings (SSSR count). The highest BCUT2D eigenvalue weighted by Gasteiger charge is 2.33. The summed E-state index contributed by atoms with van der Waals surface area (Å²) >= 11 is 0. The predicted molar refractivity (Wildman–Crippen MR) is 71.4 cm³/mol. The number of carbonyl (C=O) groups excluding carboxylic acids is 1. The van der Waals surface area contributed by atoms with Gasteiger partial charge in [0.25, 0.3) is 0 Å². The summed E-state index contributed by atoms with van der Waals surface area (Å²) in [6.07, 6.45) is 0. The van der Waals surface area contributed by atoms with E-state index in [9.17, 15) is 18.0 Å². The highest BCUT2D eigenvalue weighted by Crippen LogP contribution is 2.25. The first-order valence-electron chi connectivity index (χ1n) is 6.03. The summed E-state index contributed by atoms with van der Waals surface area (Å²) in [6.45, 7) is 4.06. The minimum atomic E-state index is -4.07. The third-order valence-corrected chi connectivity index (χ3v) is 4.89. The van der Waals surface area contributed by atoms with Gasteiger partial charge in [-0.1, -0.05) is 0 Å². The summed E-state index contributed by atoms with van der Waals surface area (Å²) in [6, 6.07) is 0.413. The number of esters is 1. The summed E-state index contributed by atoms with van der Waals surface area (Å²) < 4.78 is 35.4. The van der Waals surface area contributed by atoms with Crippen LogP contribution in [0.5, 0.6) is 0 Å². The number of sulfonamides is 1. The number of aryl methyl sites for hydroxylation is 1. The summed E-state index contributed by atoms with van der Waals surface area (Å²) in [4.78, 5) is 21.9. The molecule has 0 spiro atoms. The van der Waals surface area contributed by atoms with Gasteiger partial charge in [-0.3, -0.25) is 4.79 Å². The highest BCUT2D eigenvalue weighted by molar-refractivity contribution is 7.89. The Kier molecular flexibility index (Phi) is 5.13. The fourth-order valence-electron chi connectivity index (χ4n) is 1.69. The van der Waals surface area contributed by atoms with E-state index in [1.165, 1.54) is 6.92 Å². The van der Waals surface area contributed by atoms with Crippen molar-refractivity contribution in [2.75, 3.05) is 13.7 Å². The van der Waals surface area contributed by atoms with Crippen molar-refractivity contribution < 1.29 is 32.3 Å². The maximum Gasteiger partial charge on any atom is 0.371 e. The van der Waals surface area contributed by atoms with Gasteiger partial charge < -0.3 is 14.3 Å². The van der Waals surface area contributed by atoms with Crippen LogP contribution < -0.4 is 0 Å². The van der Waals surface area contributed by atoms with Crippen LogP contribution in [-0.4, -0.2) is 49.5 Å². The van der Waals surface area contributed by atoms with Gasteiger partial charge in [-0.15, -0.1) is 0 Å². The lowest BCUT2D eigenvalue weighted by Crippen LogP contribution is -2.41. The van der Waals surface area contributed by atoms with Crippen LogP contribution in [0.1, 0.15) is 30.2 Å². The summed E-state index contributed by atoms with van der Waals surface area (Å²) in [7, 11) is -2.92. The molecule has 0 aliphatic carbocycles. The number of hydrogen-bond donors (Lipinski definition) is 1. The smallest absolute Gasteiger partial charge is 0.371 e. The van der Waals surface area contributed by atoms with Gasteiger partial charge in [0.15, 0.2) is 0 Å². The predicted octanol–water partition coefficient (Wildman–Crippen LogP) is 0.858. The molecule has 0 bridgehead atoms. The second-order valence-electron chi connectivity index (χ2n) is 4.56. The molecule has 0 atom stereocenters. The zero-order chi connectivity index (χ0) is 16.4. The molecule has 0 aliphatic heterocycles. The largest absolute Gasteiger partial charge is 0.475 e. The monoisotopic (exact) mass is 319 g/mol. The number of nitrogens with zero attached hydrogens (tertiary/aromatic N) is 1. The standard InChI is InChI=1S/C12H17NO7S/c1-7(2)13(6-11(14)19-4)21(17,18)10-5-9(12(15)16)20-8(10)3/h5,7H,6H2,1-4H3,(H,15,16). The normalized spacial score (nSPS) is 11.9. The SMILES string of the molecule is COC(=O)CN(C(C)C)S(=O)(=O)c1cc(C(=O)O)oc1C. The molecule has 1 aromatic rings. The van der Waals surface area contributed by atoms with E-state index >= 15 is 0 Å². The van der Waals surface area contributed by atoms with Crippen molar-refractivity contribution >= 4 is 22.0 Å². The lowest BCUT2D eigenvalue weighted by molar-refractivity contribution is -0.141. The van der Waals surface area contributed by atoms with E-state index in [1.54, 1.807) is 13.8 Å². The van der Waals surface area contributed by atoms with Gasteiger partial charge in [-0.25, -0.2) is 13.2 Å². The molecule has 9 heteroatoms. The van der Waals surface area contributed by atoms with Gasteiger partial charge in [-0.05, 0) is 20.8 Å². The second kappa shape index (κ2) is 6.27. The Morgan fingerprint density at radius 3 is 2.38 bits per heavy atom. The zero-order valence-corrected chi connectivity index (χ0v) is 12.9. The number of furan rings is 1. The molecule has 0 saturated carbocycles. The van der Waals surface area contributed by atoms with Gasteiger partial charge in [0.1, 0.15) is 17.2 Å². The molecule has 0 aromatic carbocycles. The highest BCUT2D eigenvalue weighted by atomic mass is 32.2. The number of carboxylic acids is 1. The Morgan fingerprint density at radius 2 is 2.00 bits per heavy atom. The Bertz CT molecular complexity index is 645. The van der Waals surface area contributed by atoms with Gasteiger partial charge >= 0.3 is 11.9 Å². The third-order valence-electron chi connectivity index (χ3n) is 2.76. The number of rotatable bonds is 6. The van der Waals surface area contributed by atoms with Gasteiger partial charge in [0, 0.05) is 12.1 Å². The number of carboxylic acid groups (broad SMARTS) is 1. The number of aromatic carboxylic acids is 1. The van der Waals surface area contributed by atoms with E-state index in [4.69, 9.17) is 9.52 Å². The van der Waals surface area contributed by atoms with E-state index in [0.29, 0.717) is 0 Å². The molecule has 21 heavy (non-hydrogen) atoms. The van der Waals surface area contributed by atoms with Crippen LogP contribution in [0, 0.1) is 6.92 Å². The first kappa shape index (κ1) is 17.2. The molecular formula is C12H17NO7S. The maximum atomic E-state index is 12.5. The zero-order valence-electron chi connectivity index (χ0n) is 12.1. The van der Waals surface area contributed by atoms with Crippen molar-refractivity contribution in [3.05, 3.63) is 17.6 Å². The lowest BCUT2D eigenvalue weighted by atomic mass is 10.4. The van der Waals surface area contributed by atoms with Crippen LogP contribution in [0.4, 0.5) is 0 Å². The van der Waals surface area contributed by atoms with Gasteiger partial charge in [0.05, 0.1) is 7.11 Å². The van der Waals surface area contributed by atoms with E-state index < -0.39 is 40.3 Å². The number of carbonyl (C=O) groups is 2. The molecule has 1 heterocycles. The van der Waals surface area contributed by atoms with E-state index in [-0.39, 0.29) is 10.7 Å². The fraction of sp³-hybridized carbons (Fsp3) is 0.500. The average molecular weight is 319 g/mol. The molecule has 118 valence electrons. The minimum absolute atomic E-state index is 0.0529. The van der Waals surface area contributed by atoms with Crippen LogP contribution in [0.3, 0.4) is 0 Å². The van der Waals surface area contributed by atoms with Crippen molar-refractivity contribution in [1.82, 2.24) is 4.31 Å². The fourth-order valence-corrected chi connectivity index (χ4v) is 3.43. The first-order chi connectivity index (χ1) is 9.61. The van der Waals surface area contributed by atoms with Crippen molar-refractivity contribution in [2.45, 2.75) is 31.7 Å². The lowest BCUT2D eigenvalue weighted by Gasteiger charge is -2.24. The minimum Gasteiger partial charge on any atom is -0.475 e. The van der Waals surface area contributed by atoms with Crippen molar-refractivity contribution in [2.24, 2.45) is 0 Å². The molecule has 0 aliphatic rings. The molecule has 1 aromatic heterocycles. The molecule has 0 fully saturated rings. The van der Waals surface area contributed by atoms with Crippen LogP contribution >= 0.6 is 0 Å². The molecule has 8 nitrogen and oxygen atoms in total. The van der Waals surface area contributed by atoms with Crippen LogP contribution in [-0.2, 0) is 19.6 Å². The van der Waals surface area contributed by atoms with Crippen molar-refractivity contribution in [3.63, 3.8) is 0 Å². The van der Waals surface area contributed by atoms with Crippen LogP contribution in [0.25, 0.3) is 0 Å².